The number of halogens is 4. The number of alkyl halides is 4. The van der Waals surface area contributed by atoms with Gasteiger partial charge in [0.15, 0.2) is 0 Å². The number of thioether (sulfide) groups is 2. The van der Waals surface area contributed by atoms with Gasteiger partial charge in [0.1, 0.15) is 5.78 Å². The van der Waals surface area contributed by atoms with Crippen molar-refractivity contribution in [3.63, 3.8) is 0 Å². The zero-order chi connectivity index (χ0) is 13.8. The molecule has 0 unspecified atom stereocenters. The van der Waals surface area contributed by atoms with Crippen LogP contribution in [-0.4, -0.2) is 22.9 Å². The van der Waals surface area contributed by atoms with Gasteiger partial charge in [0.25, 0.3) is 0 Å². The van der Waals surface area contributed by atoms with Crippen molar-refractivity contribution in [3.8, 4) is 0 Å². The first-order valence-electron chi connectivity index (χ1n) is 4.86. The van der Waals surface area contributed by atoms with E-state index in [2.05, 4.69) is 15.9 Å². The van der Waals surface area contributed by atoms with E-state index in [1.54, 1.807) is 12.1 Å². The number of hydrogen-bond acceptors (Lipinski definition) is 3. The lowest BCUT2D eigenvalue weighted by atomic mass is 10.1. The highest BCUT2D eigenvalue weighted by Crippen LogP contribution is 2.39. The highest BCUT2D eigenvalue weighted by molar-refractivity contribution is 9.09. The minimum atomic E-state index is -4.34. The van der Waals surface area contributed by atoms with E-state index in [1.165, 1.54) is 17.8 Å². The number of ketones is 1. The molecule has 0 aliphatic heterocycles. The van der Waals surface area contributed by atoms with Crippen molar-refractivity contribution in [2.75, 3.05) is 11.6 Å². The molecular weight excluding hydrogens is 349 g/mol. The topological polar surface area (TPSA) is 17.1 Å². The van der Waals surface area contributed by atoms with Crippen LogP contribution < -0.4 is 0 Å². The van der Waals surface area contributed by atoms with E-state index < -0.39 is 5.51 Å². The molecule has 0 aliphatic carbocycles. The summed E-state index contributed by atoms with van der Waals surface area (Å²) in [6.07, 6.45) is 1.85. The molecule has 0 heterocycles. The van der Waals surface area contributed by atoms with Crippen LogP contribution >= 0.6 is 39.5 Å². The van der Waals surface area contributed by atoms with Crippen LogP contribution in [0, 0.1) is 0 Å². The van der Waals surface area contributed by atoms with E-state index in [0.29, 0.717) is 5.56 Å². The van der Waals surface area contributed by atoms with Gasteiger partial charge in [0.05, 0.1) is 5.33 Å². The molecule has 100 valence electrons. The van der Waals surface area contributed by atoms with Gasteiger partial charge < -0.3 is 0 Å². The zero-order valence-electron chi connectivity index (χ0n) is 9.38. The molecule has 0 aliphatic rings. The number of rotatable bonds is 5. The van der Waals surface area contributed by atoms with E-state index in [1.807, 2.05) is 6.26 Å². The number of carbonyl (C=O) groups excluding carboxylic acids is 1. The Balaban J connectivity index is 3.04. The fraction of sp³-hybridized carbons (Fsp3) is 0.364. The quantitative estimate of drug-likeness (QED) is 0.568. The largest absolute Gasteiger partial charge is 0.446 e. The van der Waals surface area contributed by atoms with Gasteiger partial charge in [0, 0.05) is 16.2 Å². The average Bonchev–Trinajstić information content (AvgIpc) is 2.29. The van der Waals surface area contributed by atoms with Gasteiger partial charge in [-0.3, -0.25) is 4.79 Å². The molecule has 0 fully saturated rings. The number of hydrogen-bond donors (Lipinski definition) is 0. The molecule has 0 amide bonds. The average molecular weight is 359 g/mol. The van der Waals surface area contributed by atoms with E-state index in [9.17, 15) is 18.0 Å². The molecule has 1 aromatic carbocycles. The summed E-state index contributed by atoms with van der Waals surface area (Å²) in [7, 11) is 0. The maximum Gasteiger partial charge on any atom is 0.446 e. The van der Waals surface area contributed by atoms with Crippen LogP contribution in [0.25, 0.3) is 0 Å². The second kappa shape index (κ2) is 6.86. The van der Waals surface area contributed by atoms with Gasteiger partial charge in [-0.05, 0) is 41.8 Å². The third-order valence-corrected chi connectivity index (χ3v) is 4.23. The highest BCUT2D eigenvalue weighted by Gasteiger charge is 2.30. The zero-order valence-corrected chi connectivity index (χ0v) is 12.6. The van der Waals surface area contributed by atoms with Gasteiger partial charge in [-0.15, -0.1) is 11.8 Å². The van der Waals surface area contributed by atoms with Crippen molar-refractivity contribution in [1.29, 1.82) is 0 Å². The fourth-order valence-corrected chi connectivity index (χ4v) is 2.61. The highest BCUT2D eigenvalue weighted by atomic mass is 79.9. The van der Waals surface area contributed by atoms with Gasteiger partial charge in [-0.25, -0.2) is 0 Å². The predicted octanol–water partition coefficient (Wildman–Crippen LogP) is 4.53. The van der Waals surface area contributed by atoms with Crippen LogP contribution in [0.1, 0.15) is 5.56 Å². The van der Waals surface area contributed by atoms with Crippen LogP contribution in [0.15, 0.2) is 28.0 Å². The summed E-state index contributed by atoms with van der Waals surface area (Å²) < 4.78 is 37.2. The van der Waals surface area contributed by atoms with Gasteiger partial charge >= 0.3 is 5.51 Å². The Hall–Kier alpha value is -0.140. The minimum absolute atomic E-state index is 0.0120. The van der Waals surface area contributed by atoms with Gasteiger partial charge in [-0.2, -0.15) is 13.2 Å². The lowest BCUT2D eigenvalue weighted by molar-refractivity contribution is -0.115. The predicted molar refractivity (Wildman–Crippen MR) is 72.6 cm³/mol. The molecule has 0 N–H and O–H groups in total. The second-order valence-corrected chi connectivity index (χ2v) is 5.92. The van der Waals surface area contributed by atoms with Crippen LogP contribution in [-0.2, 0) is 11.2 Å². The number of Topliss-reactive ketones (excluding diaryl/α,β-unsaturated/α-hetero) is 1. The molecule has 1 aromatic rings. The molecule has 0 bridgehead atoms. The molecule has 18 heavy (non-hydrogen) atoms. The van der Waals surface area contributed by atoms with E-state index >= 15 is 0 Å². The Kier molecular flexibility index (Phi) is 6.07. The number of carbonyl (C=O) groups is 1. The molecule has 1 nitrogen and oxygen atoms in total. The van der Waals surface area contributed by atoms with E-state index in [4.69, 9.17) is 0 Å². The van der Waals surface area contributed by atoms with E-state index in [0.717, 1.165) is 4.90 Å². The van der Waals surface area contributed by atoms with Crippen LogP contribution in [0.2, 0.25) is 0 Å². The van der Waals surface area contributed by atoms with Crippen molar-refractivity contribution < 1.29 is 18.0 Å². The first-order valence-corrected chi connectivity index (χ1v) is 8.02. The minimum Gasteiger partial charge on any atom is -0.298 e. The molecular formula is C11H10BrF3OS2. The van der Waals surface area contributed by atoms with Crippen LogP contribution in [0.5, 0.6) is 0 Å². The Morgan fingerprint density at radius 3 is 2.56 bits per heavy atom. The second-order valence-electron chi connectivity index (χ2n) is 3.37. The van der Waals surface area contributed by atoms with Gasteiger partial charge in [0.2, 0.25) is 0 Å². The fourth-order valence-electron chi connectivity index (χ4n) is 1.30. The monoisotopic (exact) mass is 358 g/mol. The molecule has 1 rings (SSSR count). The summed E-state index contributed by atoms with van der Waals surface area (Å²) in [5.74, 6) is -0.141. The van der Waals surface area contributed by atoms with Crippen molar-refractivity contribution >= 4 is 45.2 Å². The lowest BCUT2D eigenvalue weighted by Gasteiger charge is -2.11. The maximum atomic E-state index is 12.4. The SMILES string of the molecule is CSc1ccc(SC(F)(F)F)c(CC(=O)CBr)c1. The summed E-state index contributed by atoms with van der Waals surface area (Å²) in [4.78, 5) is 12.3. The standard InChI is InChI=1S/C11H10BrF3OS2/c1-17-9-2-3-10(18-11(13,14)15)7(5-9)4-8(16)6-12/h2-3,5H,4,6H2,1H3. The van der Waals surface area contributed by atoms with Crippen LogP contribution in [0.3, 0.4) is 0 Å². The molecule has 0 saturated heterocycles. The maximum absolute atomic E-state index is 12.4. The molecule has 0 atom stereocenters. The first kappa shape index (κ1) is 15.9. The lowest BCUT2D eigenvalue weighted by Crippen LogP contribution is -2.07. The third-order valence-electron chi connectivity index (χ3n) is 2.03. The third kappa shape index (κ3) is 5.24. The van der Waals surface area contributed by atoms with Crippen LogP contribution in [0.4, 0.5) is 13.2 Å². The molecule has 0 spiro atoms. The summed E-state index contributed by atoms with van der Waals surface area (Å²) in [5, 5.41) is 0.145. The summed E-state index contributed by atoms with van der Waals surface area (Å²) in [6.45, 7) is 0. The molecule has 0 radical (unpaired) electrons. The van der Waals surface area contributed by atoms with Crippen molar-refractivity contribution in [1.82, 2.24) is 0 Å². The summed E-state index contributed by atoms with van der Waals surface area (Å²) in [5.41, 5.74) is -3.92. The number of benzene rings is 1. The van der Waals surface area contributed by atoms with E-state index in [-0.39, 0.29) is 34.2 Å². The van der Waals surface area contributed by atoms with Crippen molar-refractivity contribution in [3.05, 3.63) is 23.8 Å². The Morgan fingerprint density at radius 2 is 2.06 bits per heavy atom. The normalized spacial score (nSPS) is 11.6. The molecule has 0 aromatic heterocycles. The first-order chi connectivity index (χ1) is 8.35. The Morgan fingerprint density at radius 1 is 1.39 bits per heavy atom. The molecule has 7 heteroatoms. The Bertz CT molecular complexity index is 435. The smallest absolute Gasteiger partial charge is 0.298 e. The Labute approximate surface area is 120 Å². The van der Waals surface area contributed by atoms with Crippen molar-refractivity contribution in [2.24, 2.45) is 0 Å². The van der Waals surface area contributed by atoms with Gasteiger partial charge in [-0.1, -0.05) is 15.9 Å². The van der Waals surface area contributed by atoms with Crippen molar-refractivity contribution in [2.45, 2.75) is 21.7 Å². The summed E-state index contributed by atoms with van der Waals surface area (Å²) >= 11 is 4.26. The summed E-state index contributed by atoms with van der Waals surface area (Å²) in [6, 6.07) is 4.68. The molecule has 0 saturated carbocycles.